The van der Waals surface area contributed by atoms with Crippen molar-refractivity contribution >= 4 is 23.5 Å². The van der Waals surface area contributed by atoms with E-state index in [1.165, 1.54) is 32.2 Å². The first-order valence-electron chi connectivity index (χ1n) is 10.2. The first kappa shape index (κ1) is 23.6. The van der Waals surface area contributed by atoms with Crippen LogP contribution < -0.4 is 24.4 Å². The number of nitrogens with one attached hydrogen (secondary N) is 1. The van der Waals surface area contributed by atoms with Crippen LogP contribution in [-0.2, 0) is 20.7 Å². The smallest absolute Gasteiger partial charge is 0.338 e. The maximum absolute atomic E-state index is 12.9. The minimum Gasteiger partial charge on any atom is -0.493 e. The maximum atomic E-state index is 12.9. The van der Waals surface area contributed by atoms with Crippen LogP contribution in [0.15, 0.2) is 49.1 Å². The number of fused-ring (bicyclic) bond motifs is 1. The molecule has 0 bridgehead atoms. The lowest BCUT2D eigenvalue weighted by Crippen LogP contribution is -2.51. The van der Waals surface area contributed by atoms with Gasteiger partial charge in [-0.05, 0) is 30.7 Å². The molecule has 1 atom stereocenters. The minimum atomic E-state index is -0.878. The molecular weight excluding hydrogens is 428 g/mol. The van der Waals surface area contributed by atoms with Crippen molar-refractivity contribution in [3.8, 4) is 17.2 Å². The van der Waals surface area contributed by atoms with E-state index in [9.17, 15) is 14.4 Å². The lowest BCUT2D eigenvalue weighted by molar-refractivity contribution is -0.128. The van der Waals surface area contributed by atoms with Crippen LogP contribution in [0.1, 0.15) is 15.9 Å². The third kappa shape index (κ3) is 5.08. The molecule has 0 saturated carbocycles. The number of carbonyl (C=O) groups is 3. The summed E-state index contributed by atoms with van der Waals surface area (Å²) in [6, 6.07) is 9.96. The third-order valence-corrected chi connectivity index (χ3v) is 5.10. The van der Waals surface area contributed by atoms with E-state index in [0.717, 1.165) is 0 Å². The van der Waals surface area contributed by atoms with Crippen molar-refractivity contribution in [2.75, 3.05) is 39.3 Å². The monoisotopic (exact) mass is 454 g/mol. The van der Waals surface area contributed by atoms with Gasteiger partial charge in [-0.15, -0.1) is 6.58 Å². The molecule has 2 amide bonds. The fraction of sp³-hybridized carbons (Fsp3) is 0.292. The first-order chi connectivity index (χ1) is 15.9. The van der Waals surface area contributed by atoms with E-state index in [-0.39, 0.29) is 18.0 Å². The quantitative estimate of drug-likeness (QED) is 0.481. The van der Waals surface area contributed by atoms with Crippen molar-refractivity contribution < 1.29 is 33.3 Å². The number of esters is 1. The molecule has 1 heterocycles. The zero-order chi connectivity index (χ0) is 24.0. The van der Waals surface area contributed by atoms with Gasteiger partial charge in [-0.1, -0.05) is 18.2 Å². The Hall–Kier alpha value is -4.01. The molecular formula is C24H26N2O7. The second-order valence-electron chi connectivity index (χ2n) is 7.13. The predicted octanol–water partition coefficient (Wildman–Crippen LogP) is 2.13. The van der Waals surface area contributed by atoms with E-state index in [2.05, 4.69) is 11.9 Å². The van der Waals surface area contributed by atoms with Gasteiger partial charge in [0.1, 0.15) is 5.75 Å². The number of hydrogen-bond acceptors (Lipinski definition) is 7. The zero-order valence-electron chi connectivity index (χ0n) is 18.8. The Labute approximate surface area is 191 Å². The summed E-state index contributed by atoms with van der Waals surface area (Å²) in [5, 5.41) is 2.52. The summed E-state index contributed by atoms with van der Waals surface area (Å²) >= 11 is 0. The Morgan fingerprint density at radius 3 is 2.64 bits per heavy atom. The normalized spacial score (nSPS) is 14.4. The number of anilines is 1. The van der Waals surface area contributed by atoms with Crippen LogP contribution in [0.25, 0.3) is 0 Å². The average molecular weight is 454 g/mol. The third-order valence-electron chi connectivity index (χ3n) is 5.10. The second-order valence-corrected chi connectivity index (χ2v) is 7.13. The molecule has 3 rings (SSSR count). The molecule has 9 nitrogen and oxygen atoms in total. The zero-order valence-corrected chi connectivity index (χ0v) is 18.8. The second kappa shape index (κ2) is 10.5. The Morgan fingerprint density at radius 1 is 1.21 bits per heavy atom. The van der Waals surface area contributed by atoms with Gasteiger partial charge in [-0.25, -0.2) is 4.79 Å². The first-order valence-corrected chi connectivity index (χ1v) is 10.2. The number of carbonyl (C=O) groups excluding carboxylic acids is 3. The fourth-order valence-corrected chi connectivity index (χ4v) is 3.52. The Kier molecular flexibility index (Phi) is 7.55. The van der Waals surface area contributed by atoms with Gasteiger partial charge >= 0.3 is 5.97 Å². The van der Waals surface area contributed by atoms with Crippen LogP contribution in [0.2, 0.25) is 0 Å². The van der Waals surface area contributed by atoms with Crippen molar-refractivity contribution in [2.24, 2.45) is 0 Å². The molecule has 9 heteroatoms. The van der Waals surface area contributed by atoms with Crippen molar-refractivity contribution in [2.45, 2.75) is 12.5 Å². The molecule has 1 aliphatic rings. The van der Waals surface area contributed by atoms with Crippen LogP contribution in [0.3, 0.4) is 0 Å². The summed E-state index contributed by atoms with van der Waals surface area (Å²) in [7, 11) is 4.46. The van der Waals surface area contributed by atoms with Crippen LogP contribution in [0.4, 0.5) is 5.69 Å². The maximum Gasteiger partial charge on any atom is 0.338 e. The highest BCUT2D eigenvalue weighted by atomic mass is 16.5. The van der Waals surface area contributed by atoms with Gasteiger partial charge in [0, 0.05) is 12.6 Å². The molecule has 1 unspecified atom stereocenters. The van der Waals surface area contributed by atoms with Gasteiger partial charge in [0.15, 0.2) is 24.2 Å². The van der Waals surface area contributed by atoms with E-state index < -0.39 is 24.6 Å². The predicted molar refractivity (Wildman–Crippen MR) is 121 cm³/mol. The molecule has 1 aliphatic heterocycles. The number of benzene rings is 2. The molecule has 0 radical (unpaired) electrons. The molecule has 0 spiro atoms. The molecule has 33 heavy (non-hydrogen) atoms. The Morgan fingerprint density at radius 2 is 1.97 bits per heavy atom. The van der Waals surface area contributed by atoms with E-state index in [4.69, 9.17) is 18.9 Å². The van der Waals surface area contributed by atoms with E-state index >= 15 is 0 Å². The number of hydrogen-bond donors (Lipinski definition) is 1. The summed E-state index contributed by atoms with van der Waals surface area (Å²) in [5.41, 5.74) is 1.40. The standard InChI is InChI=1S/C24H26N2O7/c1-5-8-15-11-16(12-19(30-3)22(15)31-4)24(29)32-14-21(27)26-13-20(23(28)25-2)33-18-10-7-6-9-17(18)26/h5-7,9-12,20H,1,8,13-14H2,2-4H3,(H,25,28). The topological polar surface area (TPSA) is 103 Å². The van der Waals surface area contributed by atoms with Gasteiger partial charge < -0.3 is 29.2 Å². The van der Waals surface area contributed by atoms with Crippen molar-refractivity contribution in [1.29, 1.82) is 0 Å². The molecule has 1 N–H and O–H groups in total. The molecule has 174 valence electrons. The highest BCUT2D eigenvalue weighted by molar-refractivity contribution is 6.00. The van der Waals surface area contributed by atoms with Crippen molar-refractivity contribution in [1.82, 2.24) is 5.32 Å². The largest absolute Gasteiger partial charge is 0.493 e. The van der Waals surface area contributed by atoms with Crippen LogP contribution in [0.5, 0.6) is 17.2 Å². The Balaban J connectivity index is 1.78. The molecule has 0 saturated heterocycles. The fourth-order valence-electron chi connectivity index (χ4n) is 3.52. The summed E-state index contributed by atoms with van der Waals surface area (Å²) in [4.78, 5) is 39.2. The SMILES string of the molecule is C=CCc1cc(C(=O)OCC(=O)N2CC(C(=O)NC)Oc3ccccc32)cc(OC)c1OC. The average Bonchev–Trinajstić information content (AvgIpc) is 2.85. The van der Waals surface area contributed by atoms with Crippen LogP contribution in [0, 0.1) is 0 Å². The highest BCUT2D eigenvalue weighted by Crippen LogP contribution is 2.34. The number of methoxy groups -OCH3 is 2. The molecule has 0 fully saturated rings. The lowest BCUT2D eigenvalue weighted by Gasteiger charge is -2.33. The number of rotatable bonds is 8. The minimum absolute atomic E-state index is 0.00703. The molecule has 0 aromatic heterocycles. The number of allylic oxidation sites excluding steroid dienone is 1. The highest BCUT2D eigenvalue weighted by Gasteiger charge is 2.33. The number of amides is 2. The summed E-state index contributed by atoms with van der Waals surface area (Å²) < 4.78 is 21.7. The number of nitrogens with zero attached hydrogens (tertiary/aromatic N) is 1. The lowest BCUT2D eigenvalue weighted by atomic mass is 10.1. The summed E-state index contributed by atoms with van der Waals surface area (Å²) in [6.07, 6.45) is 1.25. The van der Waals surface area contributed by atoms with E-state index in [1.807, 2.05) is 0 Å². The molecule has 0 aliphatic carbocycles. The van der Waals surface area contributed by atoms with Gasteiger partial charge in [-0.2, -0.15) is 0 Å². The van der Waals surface area contributed by atoms with Crippen LogP contribution in [-0.4, -0.2) is 58.3 Å². The van der Waals surface area contributed by atoms with Gasteiger partial charge in [0.2, 0.25) is 0 Å². The number of ether oxygens (including phenoxy) is 4. The van der Waals surface area contributed by atoms with Crippen molar-refractivity contribution in [3.63, 3.8) is 0 Å². The van der Waals surface area contributed by atoms with Gasteiger partial charge in [0.05, 0.1) is 32.0 Å². The van der Waals surface area contributed by atoms with Crippen LogP contribution >= 0.6 is 0 Å². The molecule has 2 aromatic carbocycles. The van der Waals surface area contributed by atoms with E-state index in [1.54, 1.807) is 36.4 Å². The number of likely N-dealkylation sites (N-methyl/N-ethyl adjacent to an activating group) is 1. The van der Waals surface area contributed by atoms with Gasteiger partial charge in [0.25, 0.3) is 11.8 Å². The summed E-state index contributed by atoms with van der Waals surface area (Å²) in [5.74, 6) is -0.287. The van der Waals surface area contributed by atoms with E-state index in [0.29, 0.717) is 34.9 Å². The summed E-state index contributed by atoms with van der Waals surface area (Å²) in [6.45, 7) is 3.19. The Bertz CT molecular complexity index is 1070. The van der Waals surface area contributed by atoms with Crippen molar-refractivity contribution in [3.05, 3.63) is 60.2 Å². The number of para-hydroxylation sites is 2. The van der Waals surface area contributed by atoms with Gasteiger partial charge in [-0.3, -0.25) is 9.59 Å². The molecule has 2 aromatic rings.